The van der Waals surface area contributed by atoms with Gasteiger partial charge in [-0.1, -0.05) is 173 Å². The van der Waals surface area contributed by atoms with Crippen LogP contribution in [0.4, 0.5) is 17.1 Å². The van der Waals surface area contributed by atoms with Gasteiger partial charge in [-0.2, -0.15) is 0 Å². The first-order valence-corrected chi connectivity index (χ1v) is 35.9. The Morgan fingerprint density at radius 1 is 0.477 bits per heavy atom. The number of carbonyl (C=O) groups is 2. The number of aryl methyl sites for hydroxylation is 2. The number of benzene rings is 6. The average Bonchev–Trinajstić information content (AvgIpc) is 1.60. The van der Waals surface area contributed by atoms with E-state index in [1.54, 1.807) is 61.2 Å². The molecule has 2 amide bonds. The zero-order valence-electron chi connectivity index (χ0n) is 49.7. The third-order valence-electron chi connectivity index (χ3n) is 13.1. The Balaban J connectivity index is 0.000000293. The summed E-state index contributed by atoms with van der Waals surface area (Å²) in [6, 6.07) is 26.3. The lowest BCUT2D eigenvalue weighted by Gasteiger charge is -2.23. The number of rotatable bonds is 30. The number of phenols is 3. The Bertz CT molecular complexity index is 3760. The molecular weight excluding hydrogens is 1300 g/mol. The standard InChI is InChI=1S/C25H36Cl2N2O5S2.C22H30N4O5S.C13H11Cl2NO3S/c1-2-3-4-5-6-7-8-9-10-13-16-35(31,32)28-19-20-14-11-12-15-24(20)36(33,34)29-21-17-22(26)25(30)23(27)18-21;1-5-11-26(12-6-2)22(29)18-14-16(13-15(3)20(18)27)25-32(30,31)19-10-8-7-9-17(19)21(28)24-23-4;1-8-4-2-3-5-12(8)20(18,19)16-9-6-10(14)13(17)11(15)7-9/h11-12,14-15,17-18,28-30H,2-10,13,16,19H2,1H3;7-10,13-14,23,25,27H,5-6,11-12H2,1-4H3,(H,24,28);2-7,16-17H,1H3. The SMILES string of the molecule is CCCCCCCCCCCCS(=O)(=O)NCc1ccccc1S(=O)(=O)Nc1cc(Cl)c(O)c(Cl)c1.CCCN(CCC)C(=O)c1cc(NS(=O)(=O)c2ccccc2C(=O)NNC)cc(C)c1O.Cc1ccccc1S(=O)(=O)Nc1cc(Cl)c(O)c(Cl)c1. The molecule has 0 heterocycles. The van der Waals surface area contributed by atoms with Crippen LogP contribution in [-0.4, -0.2) is 91.6 Å². The lowest BCUT2D eigenvalue weighted by atomic mass is 10.1. The van der Waals surface area contributed by atoms with Gasteiger partial charge >= 0.3 is 0 Å². The van der Waals surface area contributed by atoms with Gasteiger partial charge in [0.25, 0.3) is 41.9 Å². The maximum absolute atomic E-state index is 13.1. The average molecular weight is 1370 g/mol. The Morgan fingerprint density at radius 3 is 1.39 bits per heavy atom. The predicted octanol–water partition coefficient (Wildman–Crippen LogP) is 13.3. The molecule has 0 aliphatic heterocycles. The number of amides is 2. The van der Waals surface area contributed by atoms with Gasteiger partial charge in [0.2, 0.25) is 10.0 Å². The second-order valence-electron chi connectivity index (χ2n) is 20.3. The van der Waals surface area contributed by atoms with Crippen LogP contribution in [0, 0.1) is 13.8 Å². The van der Waals surface area contributed by atoms with Crippen molar-refractivity contribution in [2.75, 3.05) is 40.1 Å². The number of hydrazine groups is 1. The molecule has 0 fully saturated rings. The molecule has 0 atom stereocenters. The quantitative estimate of drug-likeness (QED) is 0.0115. The molecule has 0 saturated heterocycles. The first-order valence-electron chi connectivity index (χ1n) is 28.3. The molecule has 0 saturated carbocycles. The van der Waals surface area contributed by atoms with Crippen molar-refractivity contribution >= 4 is 115 Å². The fraction of sp³-hybridized carbons (Fsp3) is 0.367. The summed E-state index contributed by atoms with van der Waals surface area (Å²) in [7, 11) is -14.0. The van der Waals surface area contributed by atoms with Crippen LogP contribution in [0.2, 0.25) is 20.1 Å². The number of hydrogen-bond donors (Lipinski definition) is 9. The number of nitrogens with zero attached hydrogens (tertiary/aromatic N) is 1. The molecule has 482 valence electrons. The second-order valence-corrected chi connectivity index (χ2v) is 28.8. The van der Waals surface area contributed by atoms with Crippen LogP contribution < -0.4 is 29.7 Å². The van der Waals surface area contributed by atoms with Gasteiger partial charge in [0.05, 0.1) is 63.8 Å². The fourth-order valence-electron chi connectivity index (χ4n) is 8.78. The number of aromatic hydroxyl groups is 3. The van der Waals surface area contributed by atoms with Gasteiger partial charge in [-0.25, -0.2) is 43.8 Å². The molecule has 0 aromatic heterocycles. The normalized spacial score (nSPS) is 11.6. The Morgan fingerprint density at radius 2 is 0.898 bits per heavy atom. The fourth-order valence-corrected chi connectivity index (χ4v) is 14.7. The number of sulfonamides is 4. The van der Waals surface area contributed by atoms with E-state index in [0.717, 1.165) is 32.1 Å². The van der Waals surface area contributed by atoms with Crippen molar-refractivity contribution in [2.45, 2.75) is 133 Å². The van der Waals surface area contributed by atoms with Crippen molar-refractivity contribution in [1.29, 1.82) is 0 Å². The van der Waals surface area contributed by atoms with E-state index in [1.165, 1.54) is 112 Å². The molecule has 88 heavy (non-hydrogen) atoms. The summed E-state index contributed by atoms with van der Waals surface area (Å²) in [6.45, 7) is 10.3. The van der Waals surface area contributed by atoms with Gasteiger partial charge in [-0.15, -0.1) is 0 Å². The van der Waals surface area contributed by atoms with Crippen LogP contribution in [0.25, 0.3) is 0 Å². The molecule has 6 aromatic rings. The molecule has 0 aliphatic rings. The highest BCUT2D eigenvalue weighted by Crippen LogP contribution is 2.37. The molecule has 0 bridgehead atoms. The topological polar surface area (TPSA) is 307 Å². The van der Waals surface area contributed by atoms with E-state index in [1.807, 2.05) is 13.8 Å². The molecule has 6 rings (SSSR count). The largest absolute Gasteiger partial charge is 0.507 e. The van der Waals surface area contributed by atoms with Crippen LogP contribution in [0.5, 0.6) is 17.2 Å². The first kappa shape index (κ1) is 74.4. The van der Waals surface area contributed by atoms with Crippen LogP contribution in [-0.2, 0) is 46.6 Å². The number of hydrogen-bond acceptors (Lipinski definition) is 14. The summed E-state index contributed by atoms with van der Waals surface area (Å²) in [6.07, 6.45) is 12.6. The lowest BCUT2D eigenvalue weighted by Crippen LogP contribution is -2.35. The van der Waals surface area contributed by atoms with Gasteiger partial charge in [-0.3, -0.25) is 29.2 Å². The zero-order valence-corrected chi connectivity index (χ0v) is 56.0. The Labute approximate surface area is 537 Å². The van der Waals surface area contributed by atoms with Gasteiger partial charge in [0, 0.05) is 26.7 Å². The van der Waals surface area contributed by atoms with Crippen molar-refractivity contribution in [1.82, 2.24) is 20.5 Å². The zero-order chi connectivity index (χ0) is 65.4. The second kappa shape index (κ2) is 35.4. The van der Waals surface area contributed by atoms with Gasteiger partial charge in [0.1, 0.15) is 10.6 Å². The molecule has 0 spiro atoms. The third kappa shape index (κ3) is 22.8. The van der Waals surface area contributed by atoms with Crippen LogP contribution in [0.1, 0.15) is 135 Å². The molecule has 0 aliphatic carbocycles. The summed E-state index contributed by atoms with van der Waals surface area (Å²) in [5.74, 6) is -1.80. The van der Waals surface area contributed by atoms with Crippen LogP contribution in [0.3, 0.4) is 0 Å². The van der Waals surface area contributed by atoms with Crippen LogP contribution in [0.15, 0.2) is 124 Å². The summed E-state index contributed by atoms with van der Waals surface area (Å²) in [5, 5.41) is 29.4. The van der Waals surface area contributed by atoms with E-state index in [-0.39, 0.29) is 98.4 Å². The number of carbonyl (C=O) groups excluding carboxylic acids is 2. The molecular formula is C60H77Cl4N7O13S4. The molecule has 0 unspecified atom stereocenters. The minimum atomic E-state index is -4.17. The molecule has 0 radical (unpaired) electrons. The maximum atomic E-state index is 13.1. The molecule has 28 heteroatoms. The van der Waals surface area contributed by atoms with E-state index in [2.05, 4.69) is 36.7 Å². The molecule has 20 nitrogen and oxygen atoms in total. The Hall–Kier alpha value is -6.06. The van der Waals surface area contributed by atoms with Crippen LogP contribution >= 0.6 is 46.4 Å². The number of phenolic OH excluding ortho intramolecular Hbond substituents is 3. The van der Waals surface area contributed by atoms with Crippen molar-refractivity contribution in [3.8, 4) is 17.2 Å². The van der Waals surface area contributed by atoms with Crippen molar-refractivity contribution in [3.05, 3.63) is 157 Å². The van der Waals surface area contributed by atoms with Crippen molar-refractivity contribution in [2.24, 2.45) is 0 Å². The monoisotopic (exact) mass is 1370 g/mol. The minimum absolute atomic E-state index is 0.00116. The van der Waals surface area contributed by atoms with Crippen molar-refractivity contribution in [3.63, 3.8) is 0 Å². The van der Waals surface area contributed by atoms with Gasteiger partial charge < -0.3 is 20.2 Å². The van der Waals surface area contributed by atoms with E-state index >= 15 is 0 Å². The summed E-state index contributed by atoms with van der Waals surface area (Å²) >= 11 is 23.3. The number of nitrogens with one attached hydrogen (secondary N) is 6. The molecule has 6 aromatic carbocycles. The van der Waals surface area contributed by atoms with Gasteiger partial charge in [0.15, 0.2) is 11.5 Å². The summed E-state index contributed by atoms with van der Waals surface area (Å²) in [4.78, 5) is 26.8. The minimum Gasteiger partial charge on any atom is -0.507 e. The Kier molecular flexibility index (Phi) is 29.9. The van der Waals surface area contributed by atoms with E-state index in [9.17, 15) is 58.6 Å². The highest BCUT2D eigenvalue weighted by Gasteiger charge is 2.26. The number of halogens is 4. The third-order valence-corrected chi connectivity index (χ3v) is 20.2. The first-order chi connectivity index (χ1) is 41.5. The molecule has 9 N–H and O–H groups in total. The highest BCUT2D eigenvalue weighted by atomic mass is 35.5. The predicted molar refractivity (Wildman–Crippen MR) is 351 cm³/mol. The maximum Gasteiger partial charge on any atom is 0.266 e. The van der Waals surface area contributed by atoms with E-state index in [0.29, 0.717) is 36.2 Å². The highest BCUT2D eigenvalue weighted by molar-refractivity contribution is 7.93. The summed E-state index contributed by atoms with van der Waals surface area (Å²) < 4.78 is 111. The van der Waals surface area contributed by atoms with E-state index < -0.39 is 46.0 Å². The number of anilines is 3. The van der Waals surface area contributed by atoms with E-state index in [4.69, 9.17) is 46.4 Å². The van der Waals surface area contributed by atoms with Crippen molar-refractivity contribution < 1.29 is 58.6 Å². The lowest BCUT2D eigenvalue weighted by molar-refractivity contribution is 0.0752. The number of unbranched alkanes of at least 4 members (excludes halogenated alkanes) is 9. The van der Waals surface area contributed by atoms with Gasteiger partial charge in [-0.05, 0) is 110 Å². The summed E-state index contributed by atoms with van der Waals surface area (Å²) in [5.41, 5.74) is 6.43. The smallest absolute Gasteiger partial charge is 0.266 e.